The van der Waals surface area contributed by atoms with Gasteiger partial charge in [-0.2, -0.15) is 0 Å². The Morgan fingerprint density at radius 1 is 0.217 bits per heavy atom. The predicted molar refractivity (Wildman–Crippen MR) is 590 cm³/mol. The van der Waals surface area contributed by atoms with Gasteiger partial charge in [-0.15, -0.1) is 0 Å². The van der Waals surface area contributed by atoms with Crippen LogP contribution in [0.2, 0.25) is 0 Å². The van der Waals surface area contributed by atoms with Gasteiger partial charge in [0, 0.05) is 71.4 Å². The fourth-order valence-corrected chi connectivity index (χ4v) is 24.4. The van der Waals surface area contributed by atoms with Crippen LogP contribution in [-0.2, 0) is 5.41 Å². The molecular weight excluding hydrogens is 1740 g/mol. The summed E-state index contributed by atoms with van der Waals surface area (Å²) in [7, 11) is 0. The van der Waals surface area contributed by atoms with Crippen LogP contribution in [0.15, 0.2) is 491 Å². The molecule has 2 unspecified atom stereocenters. The summed E-state index contributed by atoms with van der Waals surface area (Å²) in [5.74, 6) is 3.85. The Hall–Kier alpha value is -18.4. The average molecular weight is 1830 g/mol. The minimum Gasteiger partial charge on any atom is -0.453 e. The number of rotatable bonds is 10. The Labute approximate surface area is 827 Å². The molecule has 7 nitrogen and oxygen atoms in total. The molecule has 0 amide bonds. The van der Waals surface area contributed by atoms with Crippen molar-refractivity contribution in [3.8, 4) is 146 Å². The number of pyridine rings is 1. The van der Waals surface area contributed by atoms with Crippen LogP contribution in [0.1, 0.15) is 70.3 Å². The van der Waals surface area contributed by atoms with Crippen molar-refractivity contribution in [3.05, 3.63) is 536 Å². The summed E-state index contributed by atoms with van der Waals surface area (Å²) in [5.41, 5.74) is 46.8. The monoisotopic (exact) mass is 1820 g/mol. The maximum absolute atomic E-state index is 6.45. The van der Waals surface area contributed by atoms with Crippen LogP contribution in [0.4, 0.5) is 0 Å². The normalized spacial score (nSPS) is 13.8. The molecule has 31 rings (SSSR count). The van der Waals surface area contributed by atoms with E-state index in [0.717, 1.165) is 68.0 Å². The highest BCUT2D eigenvalue weighted by atomic mass is 16.5. The highest BCUT2D eigenvalue weighted by Gasteiger charge is 2.44. The van der Waals surface area contributed by atoms with Crippen molar-refractivity contribution in [3.63, 3.8) is 0 Å². The predicted octanol–water partition coefficient (Wildman–Crippen LogP) is 35.7. The minimum absolute atomic E-state index is 0.00163. The van der Waals surface area contributed by atoms with Crippen LogP contribution in [0.3, 0.4) is 0 Å². The second kappa shape index (κ2) is 32.3. The first-order valence-corrected chi connectivity index (χ1v) is 49.5. The fraction of sp³-hybridized carbons (Fsp3) is 0.0368. The summed E-state index contributed by atoms with van der Waals surface area (Å²) in [6.45, 7) is 4.76. The molecule has 5 aromatic heterocycles. The third-order valence-electron chi connectivity index (χ3n) is 30.9. The summed E-state index contributed by atoms with van der Waals surface area (Å²) in [6, 6.07) is 178. The molecule has 0 saturated heterocycles. The van der Waals surface area contributed by atoms with Gasteiger partial charge in [0.05, 0.1) is 72.8 Å². The molecule has 0 radical (unpaired) electrons. The molecule has 2 atom stereocenters. The highest BCUT2D eigenvalue weighted by molar-refractivity contribution is 6.19. The van der Waals surface area contributed by atoms with Crippen LogP contribution in [0.25, 0.3) is 210 Å². The van der Waals surface area contributed by atoms with Gasteiger partial charge in [-0.05, 0) is 261 Å². The Bertz CT molecular complexity index is 9630. The second-order valence-corrected chi connectivity index (χ2v) is 39.0. The maximum Gasteiger partial charge on any atom is 0.152 e. The zero-order valence-corrected chi connectivity index (χ0v) is 78.5. The standard InChI is InChI=1S/2C48H30N2O.C40H29N/c1-3-12-30(13-4-1)34-28-41(31-14-5-2-6-15-31)49-42(29-34)47-37-17-8-7-16-35(37)36-24-22-32(27-40(36)47)33-23-25-43-39(26-33)38-18-11-21-46-48(38)50(43)44-19-9-10-20-45(44)51-46;1-2-10-31(11-3-1)32-22-25-36(26-23-32)49-41-14-6-4-12-38(41)39-27-24-35(30-44(39)49)33-18-20-34(21-19-33)37-28-29-46-48-47(37)40-13-5-7-15-42(40)50(48)43-16-8-9-17-45(43)51-46;1-40(2)34-14-6-3-12-32(34)38-31-23-20-26(24-33(31)30-13-9-15-35(40)39(30)38)25-18-21-27(22-19-25)41-36-16-7-4-10-28(36)29-11-5-8-17-37(29)41/h1-29,47H;1-30H;3-24,38H,1-2H3. The van der Waals surface area contributed by atoms with Crippen molar-refractivity contribution in [2.24, 2.45) is 0 Å². The van der Waals surface area contributed by atoms with E-state index in [4.69, 9.17) is 14.5 Å². The summed E-state index contributed by atoms with van der Waals surface area (Å²) >= 11 is 0. The van der Waals surface area contributed by atoms with Crippen LogP contribution in [-0.4, -0.2) is 23.3 Å². The molecule has 0 bridgehead atoms. The van der Waals surface area contributed by atoms with Gasteiger partial charge in [-0.3, -0.25) is 4.98 Å². The van der Waals surface area contributed by atoms with E-state index in [2.05, 4.69) is 499 Å². The number of hydrogen-bond donors (Lipinski definition) is 0. The number of nitrogens with zero attached hydrogens (tertiary/aromatic N) is 5. The Morgan fingerprint density at radius 3 is 1.32 bits per heavy atom. The van der Waals surface area contributed by atoms with Gasteiger partial charge in [0.2, 0.25) is 0 Å². The zero-order chi connectivity index (χ0) is 94.2. The number of ether oxygens (including phenoxy) is 2. The third kappa shape index (κ3) is 12.9. The Kier molecular flexibility index (Phi) is 18.5. The zero-order valence-electron chi connectivity index (χ0n) is 78.5. The number of fused-ring (bicyclic) bond motifs is 24. The van der Waals surface area contributed by atoms with Crippen LogP contribution < -0.4 is 9.47 Å². The van der Waals surface area contributed by atoms with Crippen molar-refractivity contribution in [1.82, 2.24) is 23.3 Å². The number of para-hydroxylation sites is 9. The lowest BCUT2D eigenvalue weighted by Crippen LogP contribution is -2.28. The molecule has 143 heavy (non-hydrogen) atoms. The van der Waals surface area contributed by atoms with Gasteiger partial charge in [0.15, 0.2) is 23.0 Å². The molecule has 0 spiro atoms. The summed E-state index contributed by atoms with van der Waals surface area (Å²) < 4.78 is 22.3. The van der Waals surface area contributed by atoms with Crippen LogP contribution in [0.5, 0.6) is 23.0 Å². The molecular formula is C136H89N5O2. The van der Waals surface area contributed by atoms with Crippen molar-refractivity contribution >= 4 is 87.2 Å². The molecule has 26 aromatic rings. The van der Waals surface area contributed by atoms with E-state index in [-0.39, 0.29) is 11.3 Å². The smallest absolute Gasteiger partial charge is 0.152 e. The third-order valence-corrected chi connectivity index (χ3v) is 30.9. The molecule has 5 aliphatic rings. The van der Waals surface area contributed by atoms with Crippen molar-refractivity contribution in [1.29, 1.82) is 0 Å². The minimum atomic E-state index is -0.00799. The molecule has 670 valence electrons. The molecule has 7 heteroatoms. The summed E-state index contributed by atoms with van der Waals surface area (Å²) in [6.07, 6.45) is 0. The second-order valence-electron chi connectivity index (χ2n) is 39.0. The van der Waals surface area contributed by atoms with Gasteiger partial charge in [0.25, 0.3) is 0 Å². The highest BCUT2D eigenvalue weighted by Crippen LogP contribution is 2.60. The first-order chi connectivity index (χ1) is 70.7. The van der Waals surface area contributed by atoms with Crippen molar-refractivity contribution < 1.29 is 9.47 Å². The SMILES string of the molecule is CC1(C)c2ccccc2C2c3ccc(-c4ccc(-n5c6ccccc6c6ccccc65)cc4)cc3-c3cccc1c32.c1ccc(-c2cc(-c3ccccc3)nc(C3c4ccccc4-c4ccc(-c5ccc6c(c5)c5cccc7c5n6-c5ccccc5O7)cc43)c2)cc1.c1ccc(-c2ccc(-n3c4ccccc4c4ccc(-c5ccc(-c6ccc7c8c6c6ccccc6n8-c6ccccc6O7)cc5)cc43)cc2)cc1. The first-order valence-electron chi connectivity index (χ1n) is 49.5. The van der Waals surface area contributed by atoms with E-state index in [9.17, 15) is 0 Å². The lowest BCUT2D eigenvalue weighted by atomic mass is 9.65. The van der Waals surface area contributed by atoms with E-state index >= 15 is 0 Å². The van der Waals surface area contributed by atoms with E-state index < -0.39 is 0 Å². The van der Waals surface area contributed by atoms with Crippen molar-refractivity contribution in [2.45, 2.75) is 31.1 Å². The molecule has 7 heterocycles. The van der Waals surface area contributed by atoms with E-state index in [0.29, 0.717) is 5.92 Å². The van der Waals surface area contributed by atoms with Crippen LogP contribution in [0, 0.1) is 0 Å². The molecule has 21 aromatic carbocycles. The largest absolute Gasteiger partial charge is 0.453 e. The maximum atomic E-state index is 6.45. The van der Waals surface area contributed by atoms with E-state index in [1.165, 1.54) is 210 Å². The summed E-state index contributed by atoms with van der Waals surface area (Å²) in [4.78, 5) is 5.42. The van der Waals surface area contributed by atoms with Gasteiger partial charge < -0.3 is 27.7 Å². The Morgan fingerprint density at radius 2 is 0.643 bits per heavy atom. The first kappa shape index (κ1) is 81.7. The number of hydrogen-bond acceptors (Lipinski definition) is 3. The quantitative estimate of drug-likeness (QED) is 0.137. The molecule has 0 fully saturated rings. The van der Waals surface area contributed by atoms with E-state index in [1.54, 1.807) is 0 Å². The lowest BCUT2D eigenvalue weighted by molar-refractivity contribution is 0.476. The molecule has 0 N–H and O–H groups in total. The van der Waals surface area contributed by atoms with Gasteiger partial charge in [-0.25, -0.2) is 0 Å². The van der Waals surface area contributed by atoms with Gasteiger partial charge in [-0.1, -0.05) is 372 Å². The van der Waals surface area contributed by atoms with E-state index in [1.807, 2.05) is 24.3 Å². The number of benzene rings is 21. The fourth-order valence-electron chi connectivity index (χ4n) is 24.4. The number of aromatic nitrogens is 5. The van der Waals surface area contributed by atoms with Crippen molar-refractivity contribution in [2.75, 3.05) is 0 Å². The van der Waals surface area contributed by atoms with Gasteiger partial charge >= 0.3 is 0 Å². The van der Waals surface area contributed by atoms with Crippen LogP contribution >= 0.6 is 0 Å². The lowest BCUT2D eigenvalue weighted by Gasteiger charge is -2.38. The molecule has 2 aliphatic heterocycles. The van der Waals surface area contributed by atoms with Gasteiger partial charge in [0.1, 0.15) is 0 Å². The molecule has 3 aliphatic carbocycles. The molecule has 0 saturated carbocycles. The Balaban J connectivity index is 0.000000103. The summed E-state index contributed by atoms with van der Waals surface area (Å²) in [5, 5.41) is 9.95. The average Bonchev–Trinajstić information content (AvgIpc) is 1.56. The topological polar surface area (TPSA) is 51.1 Å².